The van der Waals surface area contributed by atoms with Crippen LogP contribution in [0.15, 0.2) is 0 Å². The molecule has 2 fully saturated rings. The van der Waals surface area contributed by atoms with Gasteiger partial charge >= 0.3 is 11.9 Å². The molecule has 26 heavy (non-hydrogen) atoms. The smallest absolute Gasteiger partial charge is 0.309 e. The molecule has 0 unspecified atom stereocenters. The summed E-state index contributed by atoms with van der Waals surface area (Å²) in [5, 5.41) is 18.2. The quantitative estimate of drug-likeness (QED) is 0.352. The molecule has 0 heterocycles. The first-order valence-electron chi connectivity index (χ1n) is 10.6. The van der Waals surface area contributed by atoms with E-state index in [1.54, 1.807) is 0 Å². The summed E-state index contributed by atoms with van der Waals surface area (Å²) in [5.41, 5.74) is -0.709. The highest BCUT2D eigenvalue weighted by molar-refractivity contribution is 5.78. The Balaban J connectivity index is 1.28. The molecule has 0 bridgehead atoms. The van der Waals surface area contributed by atoms with E-state index >= 15 is 0 Å². The Bertz CT molecular complexity index is 409. The SMILES string of the molecule is O=C(O)C1(CCCCCCCOCCCCCCC2(C(=O)O)CC2)CC1. The summed E-state index contributed by atoms with van der Waals surface area (Å²) in [6.07, 6.45) is 15.1. The molecular formula is C21H36O5. The van der Waals surface area contributed by atoms with Crippen molar-refractivity contribution < 1.29 is 24.5 Å². The van der Waals surface area contributed by atoms with Gasteiger partial charge in [-0.25, -0.2) is 0 Å². The van der Waals surface area contributed by atoms with Crippen LogP contribution in [0.1, 0.15) is 96.3 Å². The van der Waals surface area contributed by atoms with Crippen LogP contribution in [0.3, 0.4) is 0 Å². The molecule has 2 aliphatic rings. The molecule has 0 amide bonds. The Morgan fingerprint density at radius 2 is 0.962 bits per heavy atom. The Kier molecular flexibility index (Phi) is 8.39. The minimum Gasteiger partial charge on any atom is -0.481 e. The molecule has 2 rings (SSSR count). The molecule has 150 valence electrons. The first kappa shape index (κ1) is 21.2. The molecule has 0 aliphatic heterocycles. The van der Waals surface area contributed by atoms with Crippen molar-refractivity contribution in [3.8, 4) is 0 Å². The van der Waals surface area contributed by atoms with Crippen molar-refractivity contribution >= 4 is 11.9 Å². The van der Waals surface area contributed by atoms with Crippen molar-refractivity contribution in [3.05, 3.63) is 0 Å². The topological polar surface area (TPSA) is 83.8 Å². The van der Waals surface area contributed by atoms with Gasteiger partial charge in [-0.15, -0.1) is 0 Å². The maximum Gasteiger partial charge on any atom is 0.309 e. The van der Waals surface area contributed by atoms with Crippen molar-refractivity contribution in [1.82, 2.24) is 0 Å². The van der Waals surface area contributed by atoms with Crippen LogP contribution in [-0.2, 0) is 14.3 Å². The Hall–Kier alpha value is -1.10. The van der Waals surface area contributed by atoms with Gasteiger partial charge in [0.25, 0.3) is 0 Å². The molecule has 0 aromatic heterocycles. The van der Waals surface area contributed by atoms with E-state index < -0.39 is 11.9 Å². The third kappa shape index (κ3) is 6.90. The van der Waals surface area contributed by atoms with Crippen molar-refractivity contribution in [3.63, 3.8) is 0 Å². The van der Waals surface area contributed by atoms with Gasteiger partial charge in [0.2, 0.25) is 0 Å². The van der Waals surface area contributed by atoms with Crippen molar-refractivity contribution in [2.75, 3.05) is 13.2 Å². The lowest BCUT2D eigenvalue weighted by molar-refractivity contribution is -0.144. The van der Waals surface area contributed by atoms with E-state index in [2.05, 4.69) is 0 Å². The highest BCUT2D eigenvalue weighted by atomic mass is 16.5. The molecule has 5 heteroatoms. The molecule has 0 radical (unpaired) electrons. The molecule has 0 spiro atoms. The Morgan fingerprint density at radius 1 is 0.615 bits per heavy atom. The van der Waals surface area contributed by atoms with Gasteiger partial charge in [0.15, 0.2) is 0 Å². The Labute approximate surface area is 157 Å². The fourth-order valence-electron chi connectivity index (χ4n) is 3.76. The standard InChI is InChI=1S/C21H36O5/c22-18(23)20(12-13-20)10-6-2-1-4-8-16-26-17-9-5-3-7-11-21(14-15-21)19(24)25/h1-17H2,(H,22,23)(H,24,25). The monoisotopic (exact) mass is 368 g/mol. The average molecular weight is 369 g/mol. The van der Waals surface area contributed by atoms with Gasteiger partial charge in [0.05, 0.1) is 10.8 Å². The summed E-state index contributed by atoms with van der Waals surface area (Å²) < 4.78 is 5.66. The lowest BCUT2D eigenvalue weighted by Crippen LogP contribution is -2.14. The molecular weight excluding hydrogens is 332 g/mol. The third-order valence-corrected chi connectivity index (χ3v) is 6.25. The third-order valence-electron chi connectivity index (χ3n) is 6.25. The van der Waals surface area contributed by atoms with E-state index in [0.29, 0.717) is 0 Å². The summed E-state index contributed by atoms with van der Waals surface area (Å²) >= 11 is 0. The molecule has 5 nitrogen and oxygen atoms in total. The van der Waals surface area contributed by atoms with Crippen molar-refractivity contribution in [2.24, 2.45) is 10.8 Å². The van der Waals surface area contributed by atoms with E-state index in [4.69, 9.17) is 14.9 Å². The summed E-state index contributed by atoms with van der Waals surface area (Å²) in [5.74, 6) is -1.20. The number of carboxylic acids is 2. The first-order valence-corrected chi connectivity index (χ1v) is 10.6. The van der Waals surface area contributed by atoms with E-state index in [-0.39, 0.29) is 10.8 Å². The molecule has 0 atom stereocenters. The highest BCUT2D eigenvalue weighted by Gasteiger charge is 2.49. The lowest BCUT2D eigenvalue weighted by atomic mass is 9.98. The summed E-state index contributed by atoms with van der Waals surface area (Å²) in [7, 11) is 0. The van der Waals surface area contributed by atoms with Crippen LogP contribution >= 0.6 is 0 Å². The number of unbranched alkanes of at least 4 members (excludes halogenated alkanes) is 7. The predicted octanol–water partition coefficient (Wildman–Crippen LogP) is 5.02. The van der Waals surface area contributed by atoms with Gasteiger partial charge in [0.1, 0.15) is 0 Å². The summed E-state index contributed by atoms with van der Waals surface area (Å²) in [4.78, 5) is 22.1. The first-order chi connectivity index (χ1) is 12.5. The molecule has 2 N–H and O–H groups in total. The van der Waals surface area contributed by atoms with Crippen LogP contribution in [0.4, 0.5) is 0 Å². The lowest BCUT2D eigenvalue weighted by Gasteiger charge is -2.09. The highest BCUT2D eigenvalue weighted by Crippen LogP contribution is 2.50. The van der Waals surface area contributed by atoms with Crippen LogP contribution in [0, 0.1) is 10.8 Å². The number of ether oxygens (including phenoxy) is 1. The van der Waals surface area contributed by atoms with Crippen molar-refractivity contribution in [2.45, 2.75) is 96.3 Å². The molecule has 0 aromatic carbocycles. The largest absolute Gasteiger partial charge is 0.481 e. The second-order valence-corrected chi connectivity index (χ2v) is 8.47. The Morgan fingerprint density at radius 3 is 1.31 bits per heavy atom. The van der Waals surface area contributed by atoms with Crippen LogP contribution < -0.4 is 0 Å². The van der Waals surface area contributed by atoms with Crippen LogP contribution in [-0.4, -0.2) is 35.4 Å². The average Bonchev–Trinajstić information content (AvgIpc) is 3.50. The molecule has 2 saturated carbocycles. The number of carbonyl (C=O) groups is 2. The number of hydrogen-bond acceptors (Lipinski definition) is 3. The zero-order chi connectivity index (χ0) is 18.9. The molecule has 2 aliphatic carbocycles. The van der Waals surface area contributed by atoms with Crippen LogP contribution in [0.2, 0.25) is 0 Å². The fourth-order valence-corrected chi connectivity index (χ4v) is 3.76. The minimum atomic E-state index is -0.602. The number of hydrogen-bond donors (Lipinski definition) is 2. The van der Waals surface area contributed by atoms with Crippen molar-refractivity contribution in [1.29, 1.82) is 0 Å². The molecule has 0 saturated heterocycles. The second kappa shape index (κ2) is 10.3. The van der Waals surface area contributed by atoms with Gasteiger partial charge in [0, 0.05) is 13.2 Å². The van der Waals surface area contributed by atoms with E-state index in [1.165, 1.54) is 6.42 Å². The summed E-state index contributed by atoms with van der Waals surface area (Å²) in [6, 6.07) is 0. The van der Waals surface area contributed by atoms with Gasteiger partial charge in [-0.1, -0.05) is 44.9 Å². The minimum absolute atomic E-state index is 0.351. The number of rotatable bonds is 17. The maximum absolute atomic E-state index is 11.1. The van der Waals surface area contributed by atoms with E-state index in [9.17, 15) is 9.59 Å². The predicted molar refractivity (Wildman–Crippen MR) is 100 cm³/mol. The van der Waals surface area contributed by atoms with Crippen LogP contribution in [0.25, 0.3) is 0 Å². The number of aliphatic carboxylic acids is 2. The normalized spacial score (nSPS) is 19.2. The fraction of sp³-hybridized carbons (Fsp3) is 0.905. The maximum atomic E-state index is 11.1. The van der Waals surface area contributed by atoms with E-state index in [1.807, 2.05) is 0 Å². The van der Waals surface area contributed by atoms with Crippen LogP contribution in [0.5, 0.6) is 0 Å². The summed E-state index contributed by atoms with van der Waals surface area (Å²) in [6.45, 7) is 1.63. The zero-order valence-corrected chi connectivity index (χ0v) is 16.1. The molecule has 0 aromatic rings. The zero-order valence-electron chi connectivity index (χ0n) is 16.1. The number of carboxylic acid groups (broad SMARTS) is 2. The second-order valence-electron chi connectivity index (χ2n) is 8.47. The van der Waals surface area contributed by atoms with E-state index in [0.717, 1.165) is 103 Å². The van der Waals surface area contributed by atoms with Gasteiger partial charge < -0.3 is 14.9 Å². The van der Waals surface area contributed by atoms with Gasteiger partial charge in [-0.3, -0.25) is 9.59 Å². The van der Waals surface area contributed by atoms with Gasteiger partial charge in [-0.05, 0) is 51.4 Å². The van der Waals surface area contributed by atoms with Gasteiger partial charge in [-0.2, -0.15) is 0 Å².